The summed E-state index contributed by atoms with van der Waals surface area (Å²) in [5.41, 5.74) is 1.19. The average molecular weight is 379 g/mol. The van der Waals surface area contributed by atoms with Crippen LogP contribution in [0.15, 0.2) is 23.2 Å². The van der Waals surface area contributed by atoms with Crippen molar-refractivity contribution in [3.63, 3.8) is 0 Å². The number of methoxy groups -OCH3 is 2. The third kappa shape index (κ3) is 5.54. The summed E-state index contributed by atoms with van der Waals surface area (Å²) >= 11 is 0. The first-order valence-electron chi connectivity index (χ1n) is 5.84. The number of guanidine groups is 1. The number of hydrogen-bond donors (Lipinski definition) is 2. The predicted octanol–water partition coefficient (Wildman–Crippen LogP) is 1.66. The molecule has 0 atom stereocenters. The van der Waals surface area contributed by atoms with Gasteiger partial charge in [0.2, 0.25) is 0 Å². The van der Waals surface area contributed by atoms with E-state index in [0.717, 1.165) is 30.4 Å². The SMILES string of the molecule is CN=C(NC)NCCc1ccc(OC)c(OC)c1.I. The maximum absolute atomic E-state index is 5.27. The number of hydrogen-bond acceptors (Lipinski definition) is 3. The zero-order chi connectivity index (χ0) is 13.4. The van der Waals surface area contributed by atoms with E-state index in [9.17, 15) is 0 Å². The molecule has 0 amide bonds. The Bertz CT molecular complexity index is 411. The Morgan fingerprint density at radius 1 is 1.21 bits per heavy atom. The molecular weight excluding hydrogens is 357 g/mol. The summed E-state index contributed by atoms with van der Waals surface area (Å²) < 4.78 is 10.5. The van der Waals surface area contributed by atoms with E-state index in [1.54, 1.807) is 21.3 Å². The van der Waals surface area contributed by atoms with Crippen LogP contribution in [0.4, 0.5) is 0 Å². The van der Waals surface area contributed by atoms with Gasteiger partial charge in [-0.05, 0) is 24.1 Å². The topological polar surface area (TPSA) is 54.9 Å². The van der Waals surface area contributed by atoms with E-state index in [2.05, 4.69) is 15.6 Å². The van der Waals surface area contributed by atoms with Crippen molar-refractivity contribution in [2.24, 2.45) is 4.99 Å². The molecule has 0 aliphatic carbocycles. The second-order valence-electron chi connectivity index (χ2n) is 3.69. The first-order chi connectivity index (χ1) is 8.74. The Kier molecular flexibility index (Phi) is 9.11. The molecule has 0 fully saturated rings. The summed E-state index contributed by atoms with van der Waals surface area (Å²) in [6.45, 7) is 0.809. The summed E-state index contributed by atoms with van der Waals surface area (Å²) in [4.78, 5) is 4.05. The van der Waals surface area contributed by atoms with Crippen molar-refractivity contribution in [2.45, 2.75) is 6.42 Å². The molecule has 0 radical (unpaired) electrons. The Hall–Kier alpha value is -1.18. The minimum atomic E-state index is 0. The molecule has 108 valence electrons. The fourth-order valence-corrected chi connectivity index (χ4v) is 1.64. The summed E-state index contributed by atoms with van der Waals surface area (Å²) in [5, 5.41) is 6.17. The van der Waals surface area contributed by atoms with Gasteiger partial charge in [0.1, 0.15) is 0 Å². The van der Waals surface area contributed by atoms with Crippen LogP contribution >= 0.6 is 24.0 Å². The number of benzene rings is 1. The maximum Gasteiger partial charge on any atom is 0.190 e. The average Bonchev–Trinajstić information content (AvgIpc) is 2.43. The lowest BCUT2D eigenvalue weighted by Gasteiger charge is -2.11. The van der Waals surface area contributed by atoms with Gasteiger partial charge in [-0.2, -0.15) is 0 Å². The van der Waals surface area contributed by atoms with Crippen LogP contribution in [0, 0.1) is 0 Å². The van der Waals surface area contributed by atoms with Gasteiger partial charge in [0.05, 0.1) is 14.2 Å². The quantitative estimate of drug-likeness (QED) is 0.464. The lowest BCUT2D eigenvalue weighted by molar-refractivity contribution is 0.354. The minimum Gasteiger partial charge on any atom is -0.493 e. The molecule has 6 heteroatoms. The molecule has 1 aromatic carbocycles. The Labute approximate surface area is 131 Å². The molecule has 0 aliphatic rings. The van der Waals surface area contributed by atoms with Gasteiger partial charge in [0.25, 0.3) is 0 Å². The van der Waals surface area contributed by atoms with Crippen LogP contribution in [-0.2, 0) is 6.42 Å². The van der Waals surface area contributed by atoms with Gasteiger partial charge in [-0.25, -0.2) is 0 Å². The highest BCUT2D eigenvalue weighted by Crippen LogP contribution is 2.27. The normalized spacial score (nSPS) is 10.4. The molecule has 1 aromatic rings. The zero-order valence-electron chi connectivity index (χ0n) is 11.8. The molecule has 0 aromatic heterocycles. The smallest absolute Gasteiger partial charge is 0.190 e. The highest BCUT2D eigenvalue weighted by atomic mass is 127. The fourth-order valence-electron chi connectivity index (χ4n) is 1.64. The first kappa shape index (κ1) is 17.8. The molecule has 2 N–H and O–H groups in total. The molecule has 0 spiro atoms. The Morgan fingerprint density at radius 2 is 1.89 bits per heavy atom. The molecule has 19 heavy (non-hydrogen) atoms. The van der Waals surface area contributed by atoms with E-state index in [1.807, 2.05) is 25.2 Å². The van der Waals surface area contributed by atoms with Gasteiger partial charge in [-0.1, -0.05) is 6.07 Å². The Morgan fingerprint density at radius 3 is 2.42 bits per heavy atom. The number of nitrogens with one attached hydrogen (secondary N) is 2. The second kappa shape index (κ2) is 9.71. The summed E-state index contributed by atoms with van der Waals surface area (Å²) in [7, 11) is 6.86. The lowest BCUT2D eigenvalue weighted by atomic mass is 10.1. The summed E-state index contributed by atoms with van der Waals surface area (Å²) in [6, 6.07) is 5.94. The molecule has 0 unspecified atom stereocenters. The van der Waals surface area contributed by atoms with Crippen LogP contribution in [0.2, 0.25) is 0 Å². The van der Waals surface area contributed by atoms with Crippen molar-refractivity contribution >= 4 is 29.9 Å². The third-order valence-corrected chi connectivity index (χ3v) is 2.61. The van der Waals surface area contributed by atoms with Crippen LogP contribution in [0.1, 0.15) is 5.56 Å². The highest BCUT2D eigenvalue weighted by molar-refractivity contribution is 14.0. The maximum atomic E-state index is 5.27. The predicted molar refractivity (Wildman–Crippen MR) is 89.1 cm³/mol. The first-order valence-corrected chi connectivity index (χ1v) is 5.84. The molecule has 0 saturated carbocycles. The van der Waals surface area contributed by atoms with E-state index >= 15 is 0 Å². The van der Waals surface area contributed by atoms with Crippen LogP contribution < -0.4 is 20.1 Å². The molecule has 1 rings (SSSR count). The summed E-state index contributed by atoms with van der Waals surface area (Å²) in [6.07, 6.45) is 0.890. The lowest BCUT2D eigenvalue weighted by Crippen LogP contribution is -2.35. The van der Waals surface area contributed by atoms with Crippen molar-refractivity contribution < 1.29 is 9.47 Å². The van der Waals surface area contributed by atoms with E-state index in [-0.39, 0.29) is 24.0 Å². The van der Waals surface area contributed by atoms with Gasteiger partial charge >= 0.3 is 0 Å². The van der Waals surface area contributed by atoms with Crippen LogP contribution in [0.5, 0.6) is 11.5 Å². The molecular formula is C13H22IN3O2. The highest BCUT2D eigenvalue weighted by Gasteiger charge is 2.04. The van der Waals surface area contributed by atoms with Gasteiger partial charge < -0.3 is 20.1 Å². The minimum absolute atomic E-state index is 0. The van der Waals surface area contributed by atoms with Crippen LogP contribution in [-0.4, -0.2) is 40.8 Å². The van der Waals surface area contributed by atoms with Crippen LogP contribution in [0.25, 0.3) is 0 Å². The molecule has 0 bridgehead atoms. The molecule has 0 saturated heterocycles. The number of ether oxygens (including phenoxy) is 2. The second-order valence-corrected chi connectivity index (χ2v) is 3.69. The third-order valence-electron chi connectivity index (χ3n) is 2.61. The van der Waals surface area contributed by atoms with Crippen molar-refractivity contribution in [3.8, 4) is 11.5 Å². The van der Waals surface area contributed by atoms with Crippen molar-refractivity contribution in [2.75, 3.05) is 34.9 Å². The van der Waals surface area contributed by atoms with E-state index in [0.29, 0.717) is 0 Å². The van der Waals surface area contributed by atoms with E-state index in [4.69, 9.17) is 9.47 Å². The molecule has 5 nitrogen and oxygen atoms in total. The molecule has 0 heterocycles. The van der Waals surface area contributed by atoms with E-state index in [1.165, 1.54) is 5.56 Å². The van der Waals surface area contributed by atoms with Crippen LogP contribution in [0.3, 0.4) is 0 Å². The monoisotopic (exact) mass is 379 g/mol. The van der Waals surface area contributed by atoms with Crippen molar-refractivity contribution in [3.05, 3.63) is 23.8 Å². The fraction of sp³-hybridized carbons (Fsp3) is 0.462. The zero-order valence-corrected chi connectivity index (χ0v) is 14.1. The van der Waals surface area contributed by atoms with Gasteiger partial charge in [0, 0.05) is 20.6 Å². The molecule has 0 aliphatic heterocycles. The number of nitrogens with zero attached hydrogens (tertiary/aromatic N) is 1. The van der Waals surface area contributed by atoms with Gasteiger partial charge in [0.15, 0.2) is 17.5 Å². The van der Waals surface area contributed by atoms with Crippen molar-refractivity contribution in [1.29, 1.82) is 0 Å². The summed E-state index contributed by atoms with van der Waals surface area (Å²) in [5.74, 6) is 2.30. The van der Waals surface area contributed by atoms with E-state index < -0.39 is 0 Å². The number of aliphatic imine (C=N–C) groups is 1. The van der Waals surface area contributed by atoms with Gasteiger partial charge in [-0.15, -0.1) is 24.0 Å². The largest absolute Gasteiger partial charge is 0.493 e. The number of rotatable bonds is 5. The van der Waals surface area contributed by atoms with Gasteiger partial charge in [-0.3, -0.25) is 4.99 Å². The Balaban J connectivity index is 0.00000324. The van der Waals surface area contributed by atoms with Crippen molar-refractivity contribution in [1.82, 2.24) is 10.6 Å². The standard InChI is InChI=1S/C13H21N3O2.HI/c1-14-13(15-2)16-8-7-10-5-6-11(17-3)12(9-10)18-4;/h5-6,9H,7-8H2,1-4H3,(H2,14,15,16);1H. The number of halogens is 1.